The van der Waals surface area contributed by atoms with E-state index in [9.17, 15) is 37.5 Å². The first-order chi connectivity index (χ1) is 41.0. The number of rotatable bonds is 32. The maximum absolute atomic E-state index is 14.1. The monoisotopic (exact) mass is 1230 g/mol. The number of aliphatic hydroxyl groups excluding tert-OH is 1. The van der Waals surface area contributed by atoms with Gasteiger partial charge in [-0.3, -0.25) is 33.0 Å². The van der Waals surface area contributed by atoms with Crippen molar-refractivity contribution in [3.8, 4) is 33.4 Å². The number of imidazole rings is 1. The highest BCUT2D eigenvalue weighted by Crippen LogP contribution is 2.38. The van der Waals surface area contributed by atoms with E-state index in [1.54, 1.807) is 76.0 Å². The Morgan fingerprint density at radius 3 is 2.15 bits per heavy atom. The van der Waals surface area contributed by atoms with Gasteiger partial charge in [0, 0.05) is 70.0 Å². The van der Waals surface area contributed by atoms with Crippen LogP contribution in [0, 0.1) is 12.3 Å². The Kier molecular flexibility index (Phi) is 23.7. The molecule has 1 saturated heterocycles. The van der Waals surface area contributed by atoms with E-state index in [0.29, 0.717) is 41.5 Å². The number of nitrogens with one attached hydrogen (secondary N) is 4. The van der Waals surface area contributed by atoms with Gasteiger partial charge in [-0.2, -0.15) is 0 Å². The van der Waals surface area contributed by atoms with Gasteiger partial charge < -0.3 is 59.3 Å². The number of ether oxygens (including phenoxy) is 6. The van der Waals surface area contributed by atoms with E-state index >= 15 is 0 Å². The smallest absolute Gasteiger partial charge is 0.328 e. The van der Waals surface area contributed by atoms with E-state index in [2.05, 4.69) is 30.6 Å². The van der Waals surface area contributed by atoms with Crippen molar-refractivity contribution in [3.05, 3.63) is 112 Å². The average molecular weight is 1230 g/mol. The van der Waals surface area contributed by atoms with E-state index in [1.807, 2.05) is 52.2 Å². The molecule has 3 atom stereocenters. The van der Waals surface area contributed by atoms with Crippen LogP contribution in [0.25, 0.3) is 21.5 Å². The molecule has 4 amide bonds. The quantitative estimate of drug-likeness (QED) is 0.0303. The van der Waals surface area contributed by atoms with Crippen molar-refractivity contribution in [1.82, 2.24) is 39.9 Å². The molecule has 0 radical (unpaired) electrons. The molecule has 23 nitrogen and oxygen atoms in total. The molecular weight excluding hydrogens is 1150 g/mol. The summed E-state index contributed by atoms with van der Waals surface area (Å²) in [5, 5.41) is 19.0. The Balaban J connectivity index is 0.836. The molecule has 466 valence electrons. The van der Waals surface area contributed by atoms with Gasteiger partial charge in [-0.15, -0.1) is 11.3 Å². The number of anilines is 1. The first-order valence-corrected chi connectivity index (χ1v) is 31.0. The number of aromatic nitrogens is 3. The lowest BCUT2D eigenvalue weighted by Crippen LogP contribution is -2.58. The van der Waals surface area contributed by atoms with E-state index < -0.39 is 57.3 Å². The minimum atomic E-state index is -4.36. The van der Waals surface area contributed by atoms with E-state index in [-0.39, 0.29) is 93.3 Å². The SMILES string of the molecule is CCCOc1cc(OCCCCN(C)C)cc(Oc2cc3c(cc2NS(=O)(=O)c2cccc(C(=O)NCCOCCOCCOCC(=O)N[C@H](C(=O)N4C[C@H](O)C[C@H]4C(=O)NCc4ccc(-c5scnc5C)cc4)C(C)(C)C)c2)n(C)c(=O)n3C)c1. The number of hydrogen-bond donors (Lipinski definition) is 5. The zero-order valence-corrected chi connectivity index (χ0v) is 52.1. The predicted octanol–water partition coefficient (Wildman–Crippen LogP) is 6.00. The summed E-state index contributed by atoms with van der Waals surface area (Å²) in [5.41, 5.74) is 4.61. The number of amides is 4. The fourth-order valence-electron chi connectivity index (χ4n) is 9.46. The van der Waals surface area contributed by atoms with Gasteiger partial charge in [0.15, 0.2) is 5.75 Å². The summed E-state index contributed by atoms with van der Waals surface area (Å²) in [7, 11) is 2.86. The average Bonchev–Trinajstić information content (AvgIpc) is 1.75. The van der Waals surface area contributed by atoms with Crippen molar-refractivity contribution in [3.63, 3.8) is 0 Å². The molecule has 5 N–H and O–H groups in total. The van der Waals surface area contributed by atoms with Gasteiger partial charge in [0.25, 0.3) is 15.9 Å². The van der Waals surface area contributed by atoms with E-state index in [0.717, 1.165) is 47.5 Å². The van der Waals surface area contributed by atoms with Crippen molar-refractivity contribution in [2.24, 2.45) is 19.5 Å². The van der Waals surface area contributed by atoms with Crippen molar-refractivity contribution in [2.75, 3.05) is 91.3 Å². The molecule has 6 aromatic rings. The number of aryl methyl sites for hydroxylation is 3. The number of unbranched alkanes of at least 4 members (excludes halogenated alkanes) is 1. The van der Waals surface area contributed by atoms with Crippen LogP contribution < -0.4 is 40.6 Å². The number of fused-ring (bicyclic) bond motifs is 1. The standard InChI is InChI=1S/C61H81N9O14S2/c1-10-22-82-45-31-46(83-23-12-11-21-67(6)7)33-47(32-45)84-53-35-51-50(68(8)60(76)69(51)9)34-49(53)66-86(77,78)48-15-13-14-43(29-48)57(73)62-20-24-79-25-26-80-27-28-81-38-54(72)65-56(61(3,4)5)59(75)70-37-44(71)30-52(70)58(74)63-36-41-16-18-42(19-17-41)55-40(2)64-39-85-55/h13-19,29,31-35,39,44,52,56,66,71H,10-12,20-28,30,36-38H2,1-9H3,(H,62,73)(H,63,74)(H,65,72)/t44-,52+,56-/m1/s1. The molecule has 7 rings (SSSR count). The number of aliphatic hydroxyl groups is 1. The number of β-amino-alcohol motifs (C(OH)–C–C–N with tert-alkyl or cyclic N) is 1. The van der Waals surface area contributed by atoms with Crippen LogP contribution in [-0.4, -0.2) is 166 Å². The Labute approximate surface area is 506 Å². The van der Waals surface area contributed by atoms with E-state index in [1.165, 1.54) is 44.4 Å². The second kappa shape index (κ2) is 30.8. The molecule has 3 heterocycles. The highest BCUT2D eigenvalue weighted by Gasteiger charge is 2.44. The molecule has 25 heteroatoms. The second-order valence-electron chi connectivity index (χ2n) is 22.3. The number of sulfonamides is 1. The molecule has 2 aromatic heterocycles. The maximum Gasteiger partial charge on any atom is 0.328 e. The van der Waals surface area contributed by atoms with Crippen LogP contribution >= 0.6 is 11.3 Å². The zero-order chi connectivity index (χ0) is 62.1. The minimum absolute atomic E-state index is 0.0349. The maximum atomic E-state index is 14.1. The van der Waals surface area contributed by atoms with Crippen LogP contribution in [0.2, 0.25) is 0 Å². The first kappa shape index (κ1) is 66.1. The largest absolute Gasteiger partial charge is 0.493 e. The van der Waals surface area contributed by atoms with Crippen LogP contribution in [0.4, 0.5) is 5.69 Å². The zero-order valence-electron chi connectivity index (χ0n) is 50.4. The molecule has 0 bridgehead atoms. The van der Waals surface area contributed by atoms with Crippen molar-refractivity contribution < 1.29 is 61.1 Å². The van der Waals surface area contributed by atoms with Gasteiger partial charge >= 0.3 is 5.69 Å². The Hall–Kier alpha value is -7.39. The summed E-state index contributed by atoms with van der Waals surface area (Å²) in [6.07, 6.45) is 1.68. The lowest BCUT2D eigenvalue weighted by Gasteiger charge is -2.35. The Bertz CT molecular complexity index is 3450. The van der Waals surface area contributed by atoms with Crippen molar-refractivity contribution in [2.45, 2.75) is 89.9 Å². The third-order valence-electron chi connectivity index (χ3n) is 14.1. The van der Waals surface area contributed by atoms with Gasteiger partial charge in [-0.25, -0.2) is 18.2 Å². The normalized spacial score (nSPS) is 14.8. The summed E-state index contributed by atoms with van der Waals surface area (Å²) in [4.78, 5) is 75.5. The third kappa shape index (κ3) is 18.3. The molecule has 0 unspecified atom stereocenters. The molecule has 1 aliphatic heterocycles. The number of nitrogens with zero attached hydrogens (tertiary/aromatic N) is 5. The molecule has 0 saturated carbocycles. The molecule has 0 spiro atoms. The number of hydrogen-bond acceptors (Lipinski definition) is 17. The number of carbonyl (C=O) groups excluding carboxylic acids is 4. The summed E-state index contributed by atoms with van der Waals surface area (Å²) in [6, 6.07) is 19.6. The molecule has 0 aliphatic carbocycles. The highest BCUT2D eigenvalue weighted by molar-refractivity contribution is 7.92. The van der Waals surface area contributed by atoms with E-state index in [4.69, 9.17) is 28.4 Å². The van der Waals surface area contributed by atoms with Crippen molar-refractivity contribution >= 4 is 61.7 Å². The Morgan fingerprint density at radius 1 is 0.826 bits per heavy atom. The number of likely N-dealkylation sites (tertiary alicyclic amines) is 1. The summed E-state index contributed by atoms with van der Waals surface area (Å²) < 4.78 is 68.9. The third-order valence-corrected chi connectivity index (χ3v) is 16.4. The van der Waals surface area contributed by atoms with Gasteiger partial charge in [-0.1, -0.05) is 58.0 Å². The number of thiazole rings is 1. The van der Waals surface area contributed by atoms with Crippen molar-refractivity contribution in [1.29, 1.82) is 0 Å². The summed E-state index contributed by atoms with van der Waals surface area (Å²) in [5.74, 6) is -0.559. The number of carbonyl (C=O) groups is 4. The molecule has 1 aliphatic rings. The fraction of sp³-hybridized carbons (Fsp3) is 0.475. The van der Waals surface area contributed by atoms with Gasteiger partial charge in [0.05, 0.1) is 90.1 Å². The molecule has 86 heavy (non-hydrogen) atoms. The minimum Gasteiger partial charge on any atom is -0.493 e. The van der Waals surface area contributed by atoms with Crippen LogP contribution in [0.3, 0.4) is 0 Å². The molecule has 1 fully saturated rings. The van der Waals surface area contributed by atoms with Gasteiger partial charge in [-0.05, 0) is 87.6 Å². The van der Waals surface area contributed by atoms with Gasteiger partial charge in [0.2, 0.25) is 17.7 Å². The number of benzene rings is 4. The predicted molar refractivity (Wildman–Crippen MR) is 327 cm³/mol. The summed E-state index contributed by atoms with van der Waals surface area (Å²) in [6.45, 7) is 11.7. The topological polar surface area (TPSA) is 272 Å². The second-order valence-corrected chi connectivity index (χ2v) is 24.8. The fourth-order valence-corrected chi connectivity index (χ4v) is 11.4. The Morgan fingerprint density at radius 2 is 1.49 bits per heavy atom. The first-order valence-electron chi connectivity index (χ1n) is 28.6. The summed E-state index contributed by atoms with van der Waals surface area (Å²) >= 11 is 1.56. The lowest BCUT2D eigenvalue weighted by atomic mass is 9.85. The lowest BCUT2D eigenvalue weighted by molar-refractivity contribution is -0.144. The van der Waals surface area contributed by atoms with Crippen LogP contribution in [0.5, 0.6) is 23.0 Å². The van der Waals surface area contributed by atoms with Crippen LogP contribution in [0.1, 0.15) is 75.0 Å². The molecule has 4 aromatic carbocycles. The van der Waals surface area contributed by atoms with Crippen LogP contribution in [0.15, 0.2) is 94.1 Å². The molecular formula is C61H81N9O14S2. The van der Waals surface area contributed by atoms with Crippen LogP contribution in [-0.2, 0) is 59.3 Å². The highest BCUT2D eigenvalue weighted by atomic mass is 32.2. The van der Waals surface area contributed by atoms with Gasteiger partial charge in [0.1, 0.15) is 35.9 Å².